The highest BCUT2D eigenvalue weighted by molar-refractivity contribution is 5.11. The highest BCUT2D eigenvalue weighted by Crippen LogP contribution is 2.03. The molecule has 4 heteroatoms. The topological polar surface area (TPSA) is 62.5 Å². The van der Waals surface area contributed by atoms with Gasteiger partial charge in [0.2, 0.25) is 0 Å². The monoisotopic (exact) mass is 176 g/mol. The summed E-state index contributed by atoms with van der Waals surface area (Å²) >= 11 is 0. The first kappa shape index (κ1) is 9.59. The maximum Gasteiger partial charge on any atom is 0.165 e. The van der Waals surface area contributed by atoms with E-state index in [0.717, 1.165) is 24.2 Å². The molecule has 13 heavy (non-hydrogen) atoms. The minimum atomic E-state index is 0.240. The van der Waals surface area contributed by atoms with Crippen molar-refractivity contribution in [3.8, 4) is 6.07 Å². The summed E-state index contributed by atoms with van der Waals surface area (Å²) in [7, 11) is 0. The lowest BCUT2D eigenvalue weighted by Gasteiger charge is -2.02. The molecule has 0 aromatic carbocycles. The summed E-state index contributed by atoms with van der Waals surface area (Å²) in [6, 6.07) is 2.01. The molecular weight excluding hydrogens is 164 g/mol. The summed E-state index contributed by atoms with van der Waals surface area (Å²) in [5.74, 6) is 0.525. The van der Waals surface area contributed by atoms with Crippen molar-refractivity contribution in [2.75, 3.05) is 0 Å². The van der Waals surface area contributed by atoms with Crippen molar-refractivity contribution in [1.29, 1.82) is 5.26 Å². The zero-order valence-corrected chi connectivity index (χ0v) is 7.91. The van der Waals surface area contributed by atoms with Gasteiger partial charge in [0.15, 0.2) is 5.82 Å². The number of nitrogens with zero attached hydrogens (tertiary/aromatic N) is 4. The van der Waals surface area contributed by atoms with Crippen LogP contribution in [0.25, 0.3) is 0 Å². The molecule has 0 bridgehead atoms. The van der Waals surface area contributed by atoms with Gasteiger partial charge in [-0.05, 0) is 12.8 Å². The number of aromatic nitrogens is 3. The molecule has 0 aliphatic heterocycles. The first-order chi connectivity index (χ1) is 6.31. The van der Waals surface area contributed by atoms with Gasteiger partial charge in [-0.1, -0.05) is 13.8 Å². The van der Waals surface area contributed by atoms with Crippen LogP contribution in [0.2, 0.25) is 0 Å². The molecule has 0 aliphatic carbocycles. The van der Waals surface area contributed by atoms with Gasteiger partial charge in [-0.2, -0.15) is 10.4 Å². The molecule has 1 aromatic rings. The van der Waals surface area contributed by atoms with Crippen LogP contribution < -0.4 is 0 Å². The summed E-state index contributed by atoms with van der Waals surface area (Å²) in [4.78, 5) is 4.26. The van der Waals surface area contributed by atoms with Crippen molar-refractivity contribution in [2.24, 2.45) is 0 Å². The van der Waals surface area contributed by atoms with Crippen molar-refractivity contribution in [3.63, 3.8) is 0 Å². The fourth-order valence-electron chi connectivity index (χ4n) is 1.12. The lowest BCUT2D eigenvalue weighted by Crippen LogP contribution is -2.06. The highest BCUT2D eigenvalue weighted by Gasteiger charge is 2.04. The number of rotatable bonds is 3. The van der Waals surface area contributed by atoms with E-state index in [2.05, 4.69) is 15.2 Å². The lowest BCUT2D eigenvalue weighted by molar-refractivity contribution is 0.777. The number of hydrogen-bond acceptors (Lipinski definition) is 4. The van der Waals surface area contributed by atoms with Crippen molar-refractivity contribution in [1.82, 2.24) is 15.2 Å². The first-order valence-corrected chi connectivity index (χ1v) is 4.40. The molecule has 1 aromatic heterocycles. The van der Waals surface area contributed by atoms with Crippen LogP contribution in [0.1, 0.15) is 31.1 Å². The molecule has 0 atom stereocenters. The molecule has 0 unspecified atom stereocenters. The molecule has 0 saturated heterocycles. The Morgan fingerprint density at radius 2 is 1.85 bits per heavy atom. The van der Waals surface area contributed by atoms with Crippen molar-refractivity contribution >= 4 is 0 Å². The summed E-state index contributed by atoms with van der Waals surface area (Å²) in [5.41, 5.74) is 1.90. The van der Waals surface area contributed by atoms with E-state index in [9.17, 15) is 0 Å². The predicted molar refractivity (Wildman–Crippen MR) is 47.9 cm³/mol. The number of aryl methyl sites for hydroxylation is 2. The third kappa shape index (κ3) is 2.22. The van der Waals surface area contributed by atoms with Gasteiger partial charge in [-0.3, -0.25) is 0 Å². The third-order valence-corrected chi connectivity index (χ3v) is 1.79. The molecule has 0 saturated carbocycles. The van der Waals surface area contributed by atoms with E-state index < -0.39 is 0 Å². The van der Waals surface area contributed by atoms with Gasteiger partial charge >= 0.3 is 0 Å². The largest absolute Gasteiger partial charge is 0.233 e. The standard InChI is InChI=1S/C9H12N4/c1-3-7-8(4-2)12-13-9(11-7)5-6-10/h3-5H2,1-2H3. The van der Waals surface area contributed by atoms with Gasteiger partial charge in [0, 0.05) is 0 Å². The first-order valence-electron chi connectivity index (χ1n) is 4.40. The van der Waals surface area contributed by atoms with Crippen LogP contribution in [0.4, 0.5) is 0 Å². The molecule has 0 aliphatic rings. The Bertz CT molecular complexity index is 327. The summed E-state index contributed by atoms with van der Waals surface area (Å²) in [6.07, 6.45) is 1.93. The van der Waals surface area contributed by atoms with Crippen LogP contribution in [-0.4, -0.2) is 15.2 Å². The van der Waals surface area contributed by atoms with Gasteiger partial charge in [0.1, 0.15) is 0 Å². The van der Waals surface area contributed by atoms with Crippen LogP contribution in [-0.2, 0) is 19.3 Å². The zero-order valence-electron chi connectivity index (χ0n) is 7.91. The molecule has 1 heterocycles. The van der Waals surface area contributed by atoms with Gasteiger partial charge in [0.25, 0.3) is 0 Å². The van der Waals surface area contributed by atoms with Crippen molar-refractivity contribution in [3.05, 3.63) is 17.2 Å². The Morgan fingerprint density at radius 3 is 2.38 bits per heavy atom. The molecule has 0 spiro atoms. The Hall–Kier alpha value is -1.50. The van der Waals surface area contributed by atoms with Crippen LogP contribution >= 0.6 is 0 Å². The Kier molecular flexibility index (Phi) is 3.32. The van der Waals surface area contributed by atoms with Gasteiger partial charge in [-0.25, -0.2) is 4.98 Å². The Morgan fingerprint density at radius 1 is 1.15 bits per heavy atom. The zero-order chi connectivity index (χ0) is 9.68. The second-order valence-electron chi connectivity index (χ2n) is 2.66. The highest BCUT2D eigenvalue weighted by atomic mass is 15.2. The summed E-state index contributed by atoms with van der Waals surface area (Å²) < 4.78 is 0. The number of nitriles is 1. The fraction of sp³-hybridized carbons (Fsp3) is 0.556. The van der Waals surface area contributed by atoms with Crippen molar-refractivity contribution in [2.45, 2.75) is 33.1 Å². The smallest absolute Gasteiger partial charge is 0.165 e. The minimum Gasteiger partial charge on any atom is -0.233 e. The average molecular weight is 176 g/mol. The van der Waals surface area contributed by atoms with Crippen LogP contribution in [0.15, 0.2) is 0 Å². The van der Waals surface area contributed by atoms with E-state index in [4.69, 9.17) is 5.26 Å². The van der Waals surface area contributed by atoms with Crippen LogP contribution in [0.5, 0.6) is 0 Å². The average Bonchev–Trinajstić information content (AvgIpc) is 2.18. The van der Waals surface area contributed by atoms with Gasteiger partial charge in [0.05, 0.1) is 23.9 Å². The second kappa shape index (κ2) is 4.51. The van der Waals surface area contributed by atoms with Crippen LogP contribution in [0, 0.1) is 11.3 Å². The minimum absolute atomic E-state index is 0.240. The Balaban J connectivity index is 3.00. The van der Waals surface area contributed by atoms with E-state index in [1.54, 1.807) is 0 Å². The van der Waals surface area contributed by atoms with E-state index in [1.165, 1.54) is 0 Å². The normalized spacial score (nSPS) is 9.62. The molecule has 4 nitrogen and oxygen atoms in total. The molecule has 1 rings (SSSR count). The third-order valence-electron chi connectivity index (χ3n) is 1.79. The number of hydrogen-bond donors (Lipinski definition) is 0. The van der Waals surface area contributed by atoms with Gasteiger partial charge < -0.3 is 0 Å². The maximum absolute atomic E-state index is 8.45. The fourth-order valence-corrected chi connectivity index (χ4v) is 1.12. The van der Waals surface area contributed by atoms with E-state index in [1.807, 2.05) is 19.9 Å². The predicted octanol–water partition coefficient (Wildman–Crippen LogP) is 1.06. The van der Waals surface area contributed by atoms with Crippen LogP contribution in [0.3, 0.4) is 0 Å². The Labute approximate surface area is 77.6 Å². The molecule has 0 radical (unpaired) electrons. The summed E-state index contributed by atoms with van der Waals surface area (Å²) in [6.45, 7) is 4.05. The SMILES string of the molecule is CCc1nnc(CC#N)nc1CC. The molecular formula is C9H12N4. The van der Waals surface area contributed by atoms with Gasteiger partial charge in [-0.15, -0.1) is 5.10 Å². The van der Waals surface area contributed by atoms with E-state index >= 15 is 0 Å². The molecule has 0 amide bonds. The lowest BCUT2D eigenvalue weighted by atomic mass is 10.2. The molecule has 0 N–H and O–H groups in total. The quantitative estimate of drug-likeness (QED) is 0.690. The maximum atomic E-state index is 8.45. The van der Waals surface area contributed by atoms with E-state index in [-0.39, 0.29) is 6.42 Å². The second-order valence-corrected chi connectivity index (χ2v) is 2.66. The summed E-state index contributed by atoms with van der Waals surface area (Å²) in [5, 5.41) is 16.3. The van der Waals surface area contributed by atoms with Crippen molar-refractivity contribution < 1.29 is 0 Å². The van der Waals surface area contributed by atoms with E-state index in [0.29, 0.717) is 5.82 Å². The molecule has 0 fully saturated rings. The molecule has 68 valence electrons.